The number of rotatable bonds is 5. The van der Waals surface area contributed by atoms with E-state index in [-0.39, 0.29) is 0 Å². The van der Waals surface area contributed by atoms with Gasteiger partial charge in [0.15, 0.2) is 0 Å². The molecule has 0 radical (unpaired) electrons. The molecule has 1 N–H and O–H groups in total. The summed E-state index contributed by atoms with van der Waals surface area (Å²) in [5, 5.41) is 4.26. The Labute approximate surface area is 129 Å². The predicted molar refractivity (Wildman–Crippen MR) is 89.5 cm³/mol. The molecule has 0 atom stereocenters. The molecule has 0 fully saturated rings. The Morgan fingerprint density at radius 2 is 2.09 bits per heavy atom. The summed E-state index contributed by atoms with van der Waals surface area (Å²) in [7, 11) is 1.96. The van der Waals surface area contributed by atoms with Gasteiger partial charge in [-0.25, -0.2) is 10.4 Å². The maximum atomic E-state index is 5.47. The molecule has 5 heteroatoms. The van der Waals surface area contributed by atoms with Crippen LogP contribution in [0, 0.1) is 0 Å². The van der Waals surface area contributed by atoms with Gasteiger partial charge < -0.3 is 9.30 Å². The summed E-state index contributed by atoms with van der Waals surface area (Å²) in [5.74, 6) is 1.55. The molecule has 0 aliphatic rings. The zero-order valence-corrected chi connectivity index (χ0v) is 12.7. The van der Waals surface area contributed by atoms with E-state index in [0.29, 0.717) is 12.6 Å². The summed E-state index contributed by atoms with van der Waals surface area (Å²) in [5.41, 5.74) is 5.97. The lowest BCUT2D eigenvalue weighted by Crippen LogP contribution is -1.99. The number of anilines is 1. The van der Waals surface area contributed by atoms with Crippen LogP contribution in [0.15, 0.2) is 53.6 Å². The second-order valence-corrected chi connectivity index (χ2v) is 4.86. The Bertz CT molecular complexity index is 807. The van der Waals surface area contributed by atoms with Crippen LogP contribution in [0.4, 0.5) is 5.95 Å². The highest BCUT2D eigenvalue weighted by Gasteiger charge is 2.05. The molecule has 5 nitrogen and oxygen atoms in total. The number of benzene rings is 2. The fourth-order valence-corrected chi connectivity index (χ4v) is 2.26. The Morgan fingerprint density at radius 3 is 2.91 bits per heavy atom. The summed E-state index contributed by atoms with van der Waals surface area (Å²) >= 11 is 0. The van der Waals surface area contributed by atoms with Crippen molar-refractivity contribution >= 4 is 23.2 Å². The van der Waals surface area contributed by atoms with Crippen molar-refractivity contribution in [2.75, 3.05) is 12.0 Å². The van der Waals surface area contributed by atoms with Crippen molar-refractivity contribution in [1.29, 1.82) is 0 Å². The van der Waals surface area contributed by atoms with E-state index in [9.17, 15) is 0 Å². The Hall–Kier alpha value is -2.82. The van der Waals surface area contributed by atoms with Gasteiger partial charge in [-0.2, -0.15) is 5.10 Å². The van der Waals surface area contributed by atoms with Gasteiger partial charge in [0.1, 0.15) is 5.75 Å². The molecular formula is C17H18N4O. The summed E-state index contributed by atoms with van der Waals surface area (Å²) in [6, 6.07) is 15.8. The van der Waals surface area contributed by atoms with Gasteiger partial charge in [0.05, 0.1) is 23.9 Å². The third-order valence-corrected chi connectivity index (χ3v) is 3.33. The van der Waals surface area contributed by atoms with Gasteiger partial charge >= 0.3 is 0 Å². The number of ether oxygens (including phenoxy) is 1. The first kappa shape index (κ1) is 14.1. The van der Waals surface area contributed by atoms with Gasteiger partial charge in [0, 0.05) is 7.05 Å². The fourth-order valence-electron chi connectivity index (χ4n) is 2.26. The number of aromatic nitrogens is 2. The highest BCUT2D eigenvalue weighted by atomic mass is 16.5. The van der Waals surface area contributed by atoms with Crippen molar-refractivity contribution in [1.82, 2.24) is 9.55 Å². The lowest BCUT2D eigenvalue weighted by Gasteiger charge is -2.03. The minimum Gasteiger partial charge on any atom is -0.494 e. The topological polar surface area (TPSA) is 51.4 Å². The van der Waals surface area contributed by atoms with Crippen LogP contribution in [0.25, 0.3) is 11.0 Å². The number of nitrogens with zero attached hydrogens (tertiary/aromatic N) is 3. The summed E-state index contributed by atoms with van der Waals surface area (Å²) in [6.45, 7) is 2.62. The molecule has 1 heterocycles. The lowest BCUT2D eigenvalue weighted by atomic mass is 10.2. The van der Waals surface area contributed by atoms with Crippen LogP contribution in [-0.4, -0.2) is 22.4 Å². The van der Waals surface area contributed by atoms with Crippen molar-refractivity contribution in [2.45, 2.75) is 6.92 Å². The lowest BCUT2D eigenvalue weighted by molar-refractivity contribution is 0.340. The Balaban J connectivity index is 1.76. The molecule has 112 valence electrons. The molecule has 1 aromatic heterocycles. The van der Waals surface area contributed by atoms with Crippen LogP contribution >= 0.6 is 0 Å². The van der Waals surface area contributed by atoms with E-state index in [4.69, 9.17) is 4.74 Å². The second kappa shape index (κ2) is 6.30. The van der Waals surface area contributed by atoms with Crippen molar-refractivity contribution in [3.05, 3.63) is 54.1 Å². The van der Waals surface area contributed by atoms with E-state index >= 15 is 0 Å². The number of aryl methyl sites for hydroxylation is 1. The van der Waals surface area contributed by atoms with Crippen LogP contribution in [-0.2, 0) is 7.05 Å². The first-order valence-corrected chi connectivity index (χ1v) is 7.21. The molecule has 0 unspecified atom stereocenters. The number of hydrogen-bond acceptors (Lipinski definition) is 4. The highest BCUT2D eigenvalue weighted by molar-refractivity contribution is 5.81. The van der Waals surface area contributed by atoms with Crippen LogP contribution in [0.2, 0.25) is 0 Å². The molecule has 2 aromatic carbocycles. The minimum absolute atomic E-state index is 0.651. The average Bonchev–Trinajstić information content (AvgIpc) is 2.85. The Morgan fingerprint density at radius 1 is 1.23 bits per heavy atom. The summed E-state index contributed by atoms with van der Waals surface area (Å²) < 4.78 is 7.45. The first-order valence-electron chi connectivity index (χ1n) is 7.21. The third kappa shape index (κ3) is 2.93. The molecule has 0 amide bonds. The molecule has 0 saturated heterocycles. The molecule has 3 rings (SSSR count). The highest BCUT2D eigenvalue weighted by Crippen LogP contribution is 2.17. The van der Waals surface area contributed by atoms with Crippen molar-refractivity contribution in [3.63, 3.8) is 0 Å². The van der Waals surface area contributed by atoms with E-state index in [1.807, 2.05) is 67.1 Å². The second-order valence-electron chi connectivity index (χ2n) is 4.86. The monoisotopic (exact) mass is 294 g/mol. The van der Waals surface area contributed by atoms with Crippen molar-refractivity contribution < 1.29 is 4.74 Å². The largest absolute Gasteiger partial charge is 0.494 e. The molecule has 0 bridgehead atoms. The average molecular weight is 294 g/mol. The van der Waals surface area contributed by atoms with Crippen molar-refractivity contribution in [3.8, 4) is 5.75 Å². The third-order valence-electron chi connectivity index (χ3n) is 3.33. The number of hydrogen-bond donors (Lipinski definition) is 1. The number of hydrazone groups is 1. The molecule has 22 heavy (non-hydrogen) atoms. The van der Waals surface area contributed by atoms with Gasteiger partial charge in [0.2, 0.25) is 5.95 Å². The molecule has 0 aliphatic heterocycles. The molecule has 3 aromatic rings. The van der Waals surface area contributed by atoms with Crippen LogP contribution < -0.4 is 10.2 Å². The van der Waals surface area contributed by atoms with Crippen molar-refractivity contribution in [2.24, 2.45) is 12.1 Å². The molecule has 0 aliphatic carbocycles. The quantitative estimate of drug-likeness (QED) is 0.579. The normalized spacial score (nSPS) is 11.2. The smallest absolute Gasteiger partial charge is 0.224 e. The standard InChI is InChI=1S/C17H18N4O/c1-3-22-14-8-6-7-13(11-14)12-18-20-17-19-15-9-4-5-10-16(15)21(17)2/h4-12H,3H2,1-2H3,(H,19,20)/b18-12-. The van der Waals surface area contributed by atoms with Gasteiger partial charge in [-0.3, -0.25) is 0 Å². The van der Waals surface area contributed by atoms with E-state index in [1.54, 1.807) is 6.21 Å². The van der Waals surface area contributed by atoms with E-state index < -0.39 is 0 Å². The Kier molecular flexibility index (Phi) is 4.05. The fraction of sp³-hybridized carbons (Fsp3) is 0.176. The number of nitrogens with one attached hydrogen (secondary N) is 1. The van der Waals surface area contributed by atoms with Gasteiger partial charge in [0.25, 0.3) is 0 Å². The zero-order chi connectivity index (χ0) is 15.4. The maximum Gasteiger partial charge on any atom is 0.224 e. The van der Waals surface area contributed by atoms with Gasteiger partial charge in [-0.1, -0.05) is 24.3 Å². The molecule has 0 saturated carbocycles. The van der Waals surface area contributed by atoms with Gasteiger partial charge in [-0.15, -0.1) is 0 Å². The maximum absolute atomic E-state index is 5.47. The van der Waals surface area contributed by atoms with Gasteiger partial charge in [-0.05, 0) is 36.8 Å². The van der Waals surface area contributed by atoms with E-state index in [2.05, 4.69) is 15.5 Å². The van der Waals surface area contributed by atoms with Crippen LogP contribution in [0.5, 0.6) is 5.75 Å². The predicted octanol–water partition coefficient (Wildman–Crippen LogP) is 3.42. The van der Waals surface area contributed by atoms with Crippen LogP contribution in [0.3, 0.4) is 0 Å². The van der Waals surface area contributed by atoms with E-state index in [1.165, 1.54) is 0 Å². The number of fused-ring (bicyclic) bond motifs is 1. The van der Waals surface area contributed by atoms with Crippen LogP contribution in [0.1, 0.15) is 12.5 Å². The van der Waals surface area contributed by atoms with E-state index in [0.717, 1.165) is 22.3 Å². The minimum atomic E-state index is 0.651. The molecular weight excluding hydrogens is 276 g/mol. The number of imidazole rings is 1. The summed E-state index contributed by atoms with van der Waals surface area (Å²) in [6.07, 6.45) is 1.75. The summed E-state index contributed by atoms with van der Waals surface area (Å²) in [4.78, 5) is 4.50. The zero-order valence-electron chi connectivity index (χ0n) is 12.7. The molecule has 0 spiro atoms. The SMILES string of the molecule is CCOc1cccc(/C=N\Nc2nc3ccccc3n2C)c1. The number of para-hydroxylation sites is 2. The first-order chi connectivity index (χ1) is 10.8.